The Bertz CT molecular complexity index is 796. The van der Waals surface area contributed by atoms with E-state index in [0.717, 1.165) is 36.2 Å². The number of benzene rings is 1. The van der Waals surface area contributed by atoms with E-state index in [1.165, 1.54) is 25.3 Å². The van der Waals surface area contributed by atoms with E-state index in [1.54, 1.807) is 17.4 Å². The van der Waals surface area contributed by atoms with Gasteiger partial charge >= 0.3 is 0 Å². The van der Waals surface area contributed by atoms with Crippen molar-refractivity contribution in [3.63, 3.8) is 0 Å². The molecule has 1 saturated carbocycles. The zero-order valence-electron chi connectivity index (χ0n) is 15.7. The molecule has 0 radical (unpaired) electrons. The van der Waals surface area contributed by atoms with Crippen LogP contribution in [0, 0.1) is 11.7 Å². The van der Waals surface area contributed by atoms with Gasteiger partial charge in [0.05, 0.1) is 11.7 Å². The van der Waals surface area contributed by atoms with Gasteiger partial charge in [0.1, 0.15) is 5.82 Å². The monoisotopic (exact) mass is 373 g/mol. The summed E-state index contributed by atoms with van der Waals surface area (Å²) in [5.41, 5.74) is 1.36. The fourth-order valence-corrected chi connectivity index (χ4v) is 4.28. The van der Waals surface area contributed by atoms with E-state index in [-0.39, 0.29) is 5.82 Å². The summed E-state index contributed by atoms with van der Waals surface area (Å²) in [6.07, 6.45) is 10.2. The van der Waals surface area contributed by atoms with E-state index in [0.29, 0.717) is 17.5 Å². The molecule has 0 N–H and O–H groups in total. The van der Waals surface area contributed by atoms with Gasteiger partial charge in [-0.05, 0) is 43.7 Å². The average Bonchev–Trinajstić information content (AvgIpc) is 3.06. The van der Waals surface area contributed by atoms with Gasteiger partial charge in [-0.2, -0.15) is 5.10 Å². The minimum absolute atomic E-state index is 0.221. The standard InChI is InChI=1S/C21H28FN3S/c1-3-16(4-2)14-23-25-20(18-12-8-9-13-19(18)22)15-26-21(25)24-17-10-6-5-7-11-17/h8-9,12-17H,3-7,10-11H2,1-2H3. The highest BCUT2D eigenvalue weighted by Gasteiger charge is 2.15. The molecule has 3 nitrogen and oxygen atoms in total. The molecular formula is C21H28FN3S. The molecule has 0 atom stereocenters. The molecule has 1 aromatic carbocycles. The van der Waals surface area contributed by atoms with Gasteiger partial charge in [0, 0.05) is 17.2 Å². The predicted molar refractivity (Wildman–Crippen MR) is 108 cm³/mol. The van der Waals surface area contributed by atoms with Crippen molar-refractivity contribution in [2.24, 2.45) is 16.0 Å². The Morgan fingerprint density at radius 1 is 1.19 bits per heavy atom. The van der Waals surface area contributed by atoms with Crippen molar-refractivity contribution in [2.45, 2.75) is 64.8 Å². The Labute approximate surface area is 159 Å². The summed E-state index contributed by atoms with van der Waals surface area (Å²) in [7, 11) is 0. The van der Waals surface area contributed by atoms with E-state index >= 15 is 0 Å². The second-order valence-electron chi connectivity index (χ2n) is 6.96. The van der Waals surface area contributed by atoms with Crippen molar-refractivity contribution >= 4 is 17.6 Å². The molecule has 5 heteroatoms. The predicted octanol–water partition coefficient (Wildman–Crippen LogP) is 5.86. The summed E-state index contributed by atoms with van der Waals surface area (Å²) in [4.78, 5) is 5.84. The molecule has 0 saturated heterocycles. The normalized spacial score (nSPS) is 16.8. The van der Waals surface area contributed by atoms with Crippen molar-refractivity contribution in [3.05, 3.63) is 40.3 Å². The summed E-state index contributed by atoms with van der Waals surface area (Å²) in [5, 5.41) is 6.71. The van der Waals surface area contributed by atoms with Crippen LogP contribution in [0.5, 0.6) is 0 Å². The molecular weight excluding hydrogens is 345 g/mol. The topological polar surface area (TPSA) is 29.6 Å². The fourth-order valence-electron chi connectivity index (χ4n) is 3.38. The first-order valence-electron chi connectivity index (χ1n) is 9.76. The third-order valence-electron chi connectivity index (χ3n) is 5.14. The minimum Gasteiger partial charge on any atom is -0.254 e. The first-order valence-corrected chi connectivity index (χ1v) is 10.6. The highest BCUT2D eigenvalue weighted by molar-refractivity contribution is 7.07. The minimum atomic E-state index is -0.221. The third kappa shape index (κ3) is 4.50. The van der Waals surface area contributed by atoms with Gasteiger partial charge in [-0.3, -0.25) is 4.99 Å². The number of halogens is 1. The number of aromatic nitrogens is 1. The van der Waals surface area contributed by atoms with E-state index in [1.807, 2.05) is 28.4 Å². The number of thiazole rings is 1. The smallest absolute Gasteiger partial charge is 0.206 e. The summed E-state index contributed by atoms with van der Waals surface area (Å²) >= 11 is 1.56. The molecule has 0 spiro atoms. The van der Waals surface area contributed by atoms with Crippen LogP contribution in [-0.2, 0) is 0 Å². The van der Waals surface area contributed by atoms with Crippen LogP contribution in [0.4, 0.5) is 4.39 Å². The van der Waals surface area contributed by atoms with Crippen LogP contribution in [-0.4, -0.2) is 16.9 Å². The van der Waals surface area contributed by atoms with Gasteiger partial charge < -0.3 is 0 Å². The quantitative estimate of drug-likeness (QED) is 0.568. The van der Waals surface area contributed by atoms with Crippen LogP contribution in [0.25, 0.3) is 11.3 Å². The van der Waals surface area contributed by atoms with Crippen LogP contribution in [0.3, 0.4) is 0 Å². The Balaban J connectivity index is 2.04. The Morgan fingerprint density at radius 2 is 1.92 bits per heavy atom. The second-order valence-corrected chi connectivity index (χ2v) is 7.79. The van der Waals surface area contributed by atoms with Crippen LogP contribution in [0.15, 0.2) is 39.7 Å². The molecule has 3 rings (SSSR count). The summed E-state index contributed by atoms with van der Waals surface area (Å²) in [6, 6.07) is 7.26. The van der Waals surface area contributed by atoms with Gasteiger partial charge in [0.2, 0.25) is 4.80 Å². The first kappa shape index (κ1) is 19.0. The van der Waals surface area contributed by atoms with Gasteiger partial charge in [0.15, 0.2) is 0 Å². The van der Waals surface area contributed by atoms with E-state index in [9.17, 15) is 4.39 Å². The molecule has 0 aliphatic heterocycles. The van der Waals surface area contributed by atoms with Gasteiger partial charge in [-0.25, -0.2) is 9.07 Å². The van der Waals surface area contributed by atoms with Crippen LogP contribution >= 0.6 is 11.3 Å². The van der Waals surface area contributed by atoms with Crippen molar-refractivity contribution < 1.29 is 4.39 Å². The number of hydrogen-bond acceptors (Lipinski definition) is 3. The molecule has 26 heavy (non-hydrogen) atoms. The van der Waals surface area contributed by atoms with E-state index in [4.69, 9.17) is 10.1 Å². The maximum atomic E-state index is 14.4. The first-order chi connectivity index (χ1) is 12.7. The molecule has 2 aromatic rings. The van der Waals surface area contributed by atoms with Crippen molar-refractivity contribution in [1.29, 1.82) is 0 Å². The molecule has 1 aliphatic rings. The lowest BCUT2D eigenvalue weighted by Crippen LogP contribution is -2.19. The summed E-state index contributed by atoms with van der Waals surface area (Å²) in [6.45, 7) is 4.34. The molecule has 1 heterocycles. The maximum Gasteiger partial charge on any atom is 0.206 e. The third-order valence-corrected chi connectivity index (χ3v) is 5.97. The molecule has 0 unspecified atom stereocenters. The largest absolute Gasteiger partial charge is 0.254 e. The molecule has 0 bridgehead atoms. The van der Waals surface area contributed by atoms with Crippen molar-refractivity contribution in [1.82, 2.24) is 4.68 Å². The lowest BCUT2D eigenvalue weighted by atomic mass is 9.96. The van der Waals surface area contributed by atoms with Crippen molar-refractivity contribution in [3.8, 4) is 11.3 Å². The summed E-state index contributed by atoms with van der Waals surface area (Å²) in [5.74, 6) is 0.208. The van der Waals surface area contributed by atoms with Gasteiger partial charge in [-0.15, -0.1) is 11.3 Å². The lowest BCUT2D eigenvalue weighted by Gasteiger charge is -2.17. The molecule has 1 aliphatic carbocycles. The summed E-state index contributed by atoms with van der Waals surface area (Å²) < 4.78 is 16.2. The average molecular weight is 374 g/mol. The zero-order chi connectivity index (χ0) is 18.4. The second kappa shape index (κ2) is 9.26. The van der Waals surface area contributed by atoms with Gasteiger partial charge in [0.25, 0.3) is 0 Å². The van der Waals surface area contributed by atoms with E-state index < -0.39 is 0 Å². The van der Waals surface area contributed by atoms with Crippen molar-refractivity contribution in [2.75, 3.05) is 0 Å². The molecule has 0 amide bonds. The highest BCUT2D eigenvalue weighted by atomic mass is 32.1. The van der Waals surface area contributed by atoms with Crippen LogP contribution in [0.2, 0.25) is 0 Å². The van der Waals surface area contributed by atoms with Gasteiger partial charge in [-0.1, -0.05) is 45.2 Å². The maximum absolute atomic E-state index is 14.4. The zero-order valence-corrected chi connectivity index (χ0v) is 16.5. The number of nitrogens with zero attached hydrogens (tertiary/aromatic N) is 3. The lowest BCUT2D eigenvalue weighted by molar-refractivity contribution is 0.435. The number of hydrogen-bond donors (Lipinski definition) is 0. The Morgan fingerprint density at radius 3 is 2.62 bits per heavy atom. The fraction of sp³-hybridized carbons (Fsp3) is 0.524. The molecule has 1 fully saturated rings. The van der Waals surface area contributed by atoms with E-state index in [2.05, 4.69) is 13.8 Å². The van der Waals surface area contributed by atoms with Crippen LogP contribution in [0.1, 0.15) is 58.8 Å². The SMILES string of the molecule is CCC(C=Nn1c(-c2ccccc2F)csc1=NC1CCCCC1)CC. The molecule has 140 valence electrons. The molecule has 1 aromatic heterocycles. The Hall–Kier alpha value is -1.75. The number of rotatable bonds is 6. The van der Waals surface area contributed by atoms with Crippen LogP contribution < -0.4 is 4.80 Å². The highest BCUT2D eigenvalue weighted by Crippen LogP contribution is 2.24. The Kier molecular flexibility index (Phi) is 6.78.